The van der Waals surface area contributed by atoms with Gasteiger partial charge in [0.25, 0.3) is 5.91 Å². The van der Waals surface area contributed by atoms with E-state index < -0.39 is 5.97 Å². The van der Waals surface area contributed by atoms with Crippen LogP contribution in [-0.2, 0) is 9.53 Å². The van der Waals surface area contributed by atoms with E-state index in [0.29, 0.717) is 11.3 Å². The molecule has 0 bridgehead atoms. The smallest absolute Gasteiger partial charge is 0.342 e. The van der Waals surface area contributed by atoms with Gasteiger partial charge < -0.3 is 14.8 Å². The third kappa shape index (κ3) is 4.47. The Labute approximate surface area is 141 Å². The minimum atomic E-state index is -0.573. The highest BCUT2D eigenvalue weighted by molar-refractivity contribution is 5.99. The molecule has 0 fully saturated rings. The lowest BCUT2D eigenvalue weighted by atomic mass is 10.1. The molecule has 128 valence electrons. The van der Waals surface area contributed by atoms with Crippen molar-refractivity contribution >= 4 is 22.6 Å². The first-order valence-electron chi connectivity index (χ1n) is 8.08. The molecule has 2 aromatic carbocycles. The first-order valence-corrected chi connectivity index (χ1v) is 8.08. The monoisotopic (exact) mass is 329 g/mol. The highest BCUT2D eigenvalue weighted by Crippen LogP contribution is 2.26. The molecule has 0 aliphatic heterocycles. The predicted octanol–water partition coefficient (Wildman–Crippen LogP) is 3.31. The van der Waals surface area contributed by atoms with Gasteiger partial charge in [0.1, 0.15) is 11.3 Å². The second-order valence-electron chi connectivity index (χ2n) is 5.73. The number of hydrogen-bond donors (Lipinski definition) is 1. The van der Waals surface area contributed by atoms with E-state index in [1.54, 1.807) is 12.1 Å². The highest BCUT2D eigenvalue weighted by atomic mass is 16.5. The summed E-state index contributed by atoms with van der Waals surface area (Å²) in [6, 6.07) is 11.2. The van der Waals surface area contributed by atoms with E-state index in [1.165, 1.54) is 7.11 Å². The molecule has 0 heterocycles. The molecule has 0 saturated carbocycles. The average molecular weight is 329 g/mol. The summed E-state index contributed by atoms with van der Waals surface area (Å²) in [6.07, 6.45) is 1.87. The van der Waals surface area contributed by atoms with Crippen LogP contribution in [0.5, 0.6) is 5.75 Å². The summed E-state index contributed by atoms with van der Waals surface area (Å²) in [6.45, 7) is 3.67. The number of benzene rings is 2. The van der Waals surface area contributed by atoms with Crippen LogP contribution < -0.4 is 10.1 Å². The topological polar surface area (TPSA) is 64.6 Å². The maximum Gasteiger partial charge on any atom is 0.342 e. The molecule has 1 amide bonds. The molecule has 0 aliphatic carbocycles. The van der Waals surface area contributed by atoms with Crippen molar-refractivity contribution in [3.63, 3.8) is 0 Å². The Morgan fingerprint density at radius 1 is 1.17 bits per heavy atom. The standard InChI is InChI=1S/C19H23NO4/c1-4-7-13(2)20-18(21)12-24-19(22)16-10-14-8-5-6-9-15(14)11-17(16)23-3/h5-6,8-11,13H,4,7,12H2,1-3H3,(H,20,21). The van der Waals surface area contributed by atoms with E-state index in [-0.39, 0.29) is 18.6 Å². The van der Waals surface area contributed by atoms with Crippen molar-refractivity contribution in [3.05, 3.63) is 42.0 Å². The van der Waals surface area contributed by atoms with Crippen molar-refractivity contribution in [2.24, 2.45) is 0 Å². The summed E-state index contributed by atoms with van der Waals surface area (Å²) in [5, 5.41) is 4.68. The Hall–Kier alpha value is -2.56. The molecule has 1 N–H and O–H groups in total. The predicted molar refractivity (Wildman–Crippen MR) is 93.3 cm³/mol. The van der Waals surface area contributed by atoms with E-state index in [4.69, 9.17) is 9.47 Å². The number of ether oxygens (including phenoxy) is 2. The fraction of sp³-hybridized carbons (Fsp3) is 0.368. The molecule has 24 heavy (non-hydrogen) atoms. The molecule has 0 spiro atoms. The summed E-state index contributed by atoms with van der Waals surface area (Å²) in [7, 11) is 1.50. The molecule has 2 rings (SSSR count). The van der Waals surface area contributed by atoms with Crippen molar-refractivity contribution in [2.45, 2.75) is 32.7 Å². The van der Waals surface area contributed by atoms with Gasteiger partial charge in [0, 0.05) is 6.04 Å². The van der Waals surface area contributed by atoms with Gasteiger partial charge in [-0.05, 0) is 36.2 Å². The molecule has 0 radical (unpaired) electrons. The SMILES string of the molecule is CCCC(C)NC(=O)COC(=O)c1cc2ccccc2cc1OC. The maximum absolute atomic E-state index is 12.3. The van der Waals surface area contributed by atoms with E-state index >= 15 is 0 Å². The first kappa shape index (κ1) is 17.8. The third-order valence-electron chi connectivity index (χ3n) is 3.75. The Balaban J connectivity index is 2.06. The number of rotatable bonds is 7. The fourth-order valence-electron chi connectivity index (χ4n) is 2.58. The van der Waals surface area contributed by atoms with Gasteiger partial charge in [-0.25, -0.2) is 4.79 Å². The second-order valence-corrected chi connectivity index (χ2v) is 5.73. The fourth-order valence-corrected chi connectivity index (χ4v) is 2.58. The molecule has 0 aromatic heterocycles. The molecule has 5 nitrogen and oxygen atoms in total. The van der Waals surface area contributed by atoms with Crippen molar-refractivity contribution in [1.29, 1.82) is 0 Å². The van der Waals surface area contributed by atoms with Gasteiger partial charge in [0.15, 0.2) is 6.61 Å². The number of carbonyl (C=O) groups is 2. The Morgan fingerprint density at radius 3 is 2.46 bits per heavy atom. The van der Waals surface area contributed by atoms with Crippen LogP contribution in [0.15, 0.2) is 36.4 Å². The zero-order valence-corrected chi connectivity index (χ0v) is 14.3. The van der Waals surface area contributed by atoms with E-state index in [0.717, 1.165) is 23.6 Å². The maximum atomic E-state index is 12.3. The van der Waals surface area contributed by atoms with E-state index in [1.807, 2.05) is 31.2 Å². The minimum Gasteiger partial charge on any atom is -0.496 e. The lowest BCUT2D eigenvalue weighted by Gasteiger charge is -2.13. The number of nitrogens with one attached hydrogen (secondary N) is 1. The lowest BCUT2D eigenvalue weighted by molar-refractivity contribution is -0.124. The zero-order valence-electron chi connectivity index (χ0n) is 14.3. The van der Waals surface area contributed by atoms with Crippen molar-refractivity contribution < 1.29 is 19.1 Å². The van der Waals surface area contributed by atoms with Crippen LogP contribution >= 0.6 is 0 Å². The van der Waals surface area contributed by atoms with Gasteiger partial charge in [0.2, 0.25) is 0 Å². The van der Waals surface area contributed by atoms with Crippen LogP contribution in [0.3, 0.4) is 0 Å². The molecule has 1 atom stereocenters. The van der Waals surface area contributed by atoms with Crippen LogP contribution in [0.2, 0.25) is 0 Å². The van der Waals surface area contributed by atoms with Crippen molar-refractivity contribution in [2.75, 3.05) is 13.7 Å². The normalized spacial score (nSPS) is 11.8. The Morgan fingerprint density at radius 2 is 1.83 bits per heavy atom. The van der Waals surface area contributed by atoms with Gasteiger partial charge in [-0.1, -0.05) is 37.6 Å². The molecule has 5 heteroatoms. The van der Waals surface area contributed by atoms with E-state index in [2.05, 4.69) is 12.2 Å². The molecule has 0 saturated heterocycles. The quantitative estimate of drug-likeness (QED) is 0.792. The summed E-state index contributed by atoms with van der Waals surface area (Å²) < 4.78 is 10.4. The number of esters is 1. The minimum absolute atomic E-state index is 0.0661. The van der Waals surface area contributed by atoms with E-state index in [9.17, 15) is 9.59 Å². The van der Waals surface area contributed by atoms with Gasteiger partial charge >= 0.3 is 5.97 Å². The largest absolute Gasteiger partial charge is 0.496 e. The van der Waals surface area contributed by atoms with Gasteiger partial charge in [0.05, 0.1) is 7.11 Å². The summed E-state index contributed by atoms with van der Waals surface area (Å²) >= 11 is 0. The number of methoxy groups -OCH3 is 1. The Kier molecular flexibility index (Phi) is 6.18. The van der Waals surface area contributed by atoms with Crippen LogP contribution in [0.25, 0.3) is 10.8 Å². The molecule has 2 aromatic rings. The number of amides is 1. The van der Waals surface area contributed by atoms with Crippen molar-refractivity contribution in [3.8, 4) is 5.75 Å². The molecular formula is C19H23NO4. The molecule has 0 aliphatic rings. The first-order chi connectivity index (χ1) is 11.5. The molecule has 1 unspecified atom stereocenters. The summed E-state index contributed by atoms with van der Waals surface area (Å²) in [4.78, 5) is 24.1. The van der Waals surface area contributed by atoms with Crippen LogP contribution in [-0.4, -0.2) is 31.6 Å². The van der Waals surface area contributed by atoms with Crippen molar-refractivity contribution in [1.82, 2.24) is 5.32 Å². The van der Waals surface area contributed by atoms with Crippen LogP contribution in [0.1, 0.15) is 37.0 Å². The van der Waals surface area contributed by atoms with Crippen LogP contribution in [0.4, 0.5) is 0 Å². The second kappa shape index (κ2) is 8.34. The molecular weight excluding hydrogens is 306 g/mol. The number of hydrogen-bond acceptors (Lipinski definition) is 4. The number of fused-ring (bicyclic) bond motifs is 1. The summed E-state index contributed by atoms with van der Waals surface area (Å²) in [5.74, 6) is -0.446. The van der Waals surface area contributed by atoms with Gasteiger partial charge in [-0.2, -0.15) is 0 Å². The summed E-state index contributed by atoms with van der Waals surface area (Å²) in [5.41, 5.74) is 0.311. The Bertz CT molecular complexity index is 726. The average Bonchev–Trinajstić information content (AvgIpc) is 2.58. The zero-order chi connectivity index (χ0) is 17.5. The van der Waals surface area contributed by atoms with Crippen LogP contribution in [0, 0.1) is 0 Å². The third-order valence-corrected chi connectivity index (χ3v) is 3.75. The van der Waals surface area contributed by atoms with Gasteiger partial charge in [-0.15, -0.1) is 0 Å². The lowest BCUT2D eigenvalue weighted by Crippen LogP contribution is -2.35. The van der Waals surface area contributed by atoms with Gasteiger partial charge in [-0.3, -0.25) is 4.79 Å². The number of carbonyl (C=O) groups excluding carboxylic acids is 2. The highest BCUT2D eigenvalue weighted by Gasteiger charge is 2.17.